The second-order valence-corrected chi connectivity index (χ2v) is 4.79. The van der Waals surface area contributed by atoms with Gasteiger partial charge in [0.05, 0.1) is 5.56 Å². The minimum atomic E-state index is -0.350. The molecule has 0 aliphatic carbocycles. The van der Waals surface area contributed by atoms with E-state index in [0.717, 1.165) is 17.0 Å². The first-order chi connectivity index (χ1) is 10.2. The van der Waals surface area contributed by atoms with Crippen LogP contribution < -0.4 is 4.74 Å². The van der Waals surface area contributed by atoms with Crippen LogP contribution in [0.3, 0.4) is 0 Å². The lowest BCUT2D eigenvalue weighted by atomic mass is 10.1. The average molecular weight is 277 g/mol. The Labute approximate surface area is 123 Å². The van der Waals surface area contributed by atoms with Gasteiger partial charge in [0, 0.05) is 11.4 Å². The first-order valence-corrected chi connectivity index (χ1v) is 6.76. The van der Waals surface area contributed by atoms with Gasteiger partial charge in [0.15, 0.2) is 0 Å². The molecule has 0 atom stereocenters. The number of ether oxygens (including phenoxy) is 1. The first-order valence-electron chi connectivity index (χ1n) is 6.76. The molecule has 0 bridgehead atoms. The van der Waals surface area contributed by atoms with Crippen LogP contribution in [-0.4, -0.2) is 11.0 Å². The molecule has 0 spiro atoms. The number of aromatic nitrogens is 1. The second kappa shape index (κ2) is 5.67. The number of carbonyl (C=O) groups excluding carboxylic acids is 1. The van der Waals surface area contributed by atoms with Crippen molar-refractivity contribution < 1.29 is 9.53 Å². The Morgan fingerprint density at radius 2 is 1.57 bits per heavy atom. The maximum absolute atomic E-state index is 12.2. The number of para-hydroxylation sites is 1. The summed E-state index contributed by atoms with van der Waals surface area (Å²) in [4.78, 5) is 15.5. The second-order valence-electron chi connectivity index (χ2n) is 4.79. The zero-order valence-electron chi connectivity index (χ0n) is 11.7. The van der Waals surface area contributed by atoms with Gasteiger partial charge in [0.2, 0.25) is 0 Å². The Kier molecular flexibility index (Phi) is 3.56. The van der Waals surface area contributed by atoms with Crippen molar-refractivity contribution in [2.75, 3.05) is 0 Å². The summed E-state index contributed by atoms with van der Waals surface area (Å²) in [6.07, 6.45) is 0. The lowest BCUT2D eigenvalue weighted by molar-refractivity contribution is 0.0734. The fraction of sp³-hybridized carbons (Fsp3) is 0.0556. The molecule has 1 heterocycles. The van der Waals surface area contributed by atoms with Crippen LogP contribution in [0.5, 0.6) is 5.75 Å². The van der Waals surface area contributed by atoms with Gasteiger partial charge in [0.25, 0.3) is 0 Å². The number of hydrogen-bond donors (Lipinski definition) is 1. The highest BCUT2D eigenvalue weighted by Gasteiger charge is 2.15. The molecule has 1 aromatic heterocycles. The van der Waals surface area contributed by atoms with Gasteiger partial charge in [-0.1, -0.05) is 48.5 Å². The van der Waals surface area contributed by atoms with Gasteiger partial charge in [0.1, 0.15) is 5.75 Å². The van der Waals surface area contributed by atoms with Gasteiger partial charge in [-0.25, -0.2) is 4.79 Å². The predicted molar refractivity (Wildman–Crippen MR) is 82.4 cm³/mol. The topological polar surface area (TPSA) is 42.1 Å². The zero-order chi connectivity index (χ0) is 14.7. The fourth-order valence-electron chi connectivity index (χ4n) is 2.19. The minimum Gasteiger partial charge on any atom is -0.423 e. The van der Waals surface area contributed by atoms with E-state index in [9.17, 15) is 4.79 Å². The average Bonchev–Trinajstić information content (AvgIpc) is 2.91. The highest BCUT2D eigenvalue weighted by atomic mass is 16.5. The lowest BCUT2D eigenvalue weighted by Gasteiger charge is -2.02. The lowest BCUT2D eigenvalue weighted by Crippen LogP contribution is -2.08. The third kappa shape index (κ3) is 2.87. The standard InChI is InChI=1S/C18H15NO2/c1-13-16(18(20)21-15-10-6-3-7-11-15)12-17(19-13)14-8-4-2-5-9-14/h2-12,19H,1H3. The maximum atomic E-state index is 12.2. The molecule has 21 heavy (non-hydrogen) atoms. The monoisotopic (exact) mass is 277 g/mol. The molecular formula is C18H15NO2. The van der Waals surface area contributed by atoms with Gasteiger partial charge >= 0.3 is 5.97 Å². The van der Waals surface area contributed by atoms with E-state index < -0.39 is 0 Å². The van der Waals surface area contributed by atoms with Gasteiger partial charge in [-0.05, 0) is 30.7 Å². The summed E-state index contributed by atoms with van der Waals surface area (Å²) in [6.45, 7) is 1.87. The van der Waals surface area contributed by atoms with E-state index in [4.69, 9.17) is 4.74 Å². The number of carbonyl (C=O) groups is 1. The Hall–Kier alpha value is -2.81. The van der Waals surface area contributed by atoms with Crippen LogP contribution in [0, 0.1) is 6.92 Å². The van der Waals surface area contributed by atoms with Crippen LogP contribution in [0.1, 0.15) is 16.1 Å². The van der Waals surface area contributed by atoms with Crippen LogP contribution in [0.25, 0.3) is 11.3 Å². The van der Waals surface area contributed by atoms with E-state index in [0.29, 0.717) is 11.3 Å². The van der Waals surface area contributed by atoms with Crippen LogP contribution >= 0.6 is 0 Å². The Morgan fingerprint density at radius 3 is 2.24 bits per heavy atom. The normalized spacial score (nSPS) is 10.3. The van der Waals surface area contributed by atoms with Gasteiger partial charge < -0.3 is 9.72 Å². The SMILES string of the molecule is Cc1[nH]c(-c2ccccc2)cc1C(=O)Oc1ccccc1. The summed E-state index contributed by atoms with van der Waals surface area (Å²) >= 11 is 0. The number of H-pyrrole nitrogens is 1. The van der Waals surface area contributed by atoms with Crippen molar-refractivity contribution in [3.05, 3.63) is 78.0 Å². The van der Waals surface area contributed by atoms with Crippen molar-refractivity contribution in [1.82, 2.24) is 4.98 Å². The van der Waals surface area contributed by atoms with Crippen LogP contribution in [0.2, 0.25) is 0 Å². The van der Waals surface area contributed by atoms with Crippen molar-refractivity contribution in [3.63, 3.8) is 0 Å². The van der Waals surface area contributed by atoms with Gasteiger partial charge in [-0.15, -0.1) is 0 Å². The molecule has 3 nitrogen and oxygen atoms in total. The molecular weight excluding hydrogens is 262 g/mol. The minimum absolute atomic E-state index is 0.350. The van der Waals surface area contributed by atoms with Crippen molar-refractivity contribution in [3.8, 4) is 17.0 Å². The maximum Gasteiger partial charge on any atom is 0.345 e. The van der Waals surface area contributed by atoms with E-state index in [2.05, 4.69) is 4.98 Å². The first kappa shape index (κ1) is 13.2. The summed E-state index contributed by atoms with van der Waals surface area (Å²) < 4.78 is 5.37. The largest absolute Gasteiger partial charge is 0.423 e. The molecule has 104 valence electrons. The fourth-order valence-corrected chi connectivity index (χ4v) is 2.19. The molecule has 0 unspecified atom stereocenters. The van der Waals surface area contributed by atoms with Crippen molar-refractivity contribution in [1.29, 1.82) is 0 Å². The number of esters is 1. The van der Waals surface area contributed by atoms with Crippen LogP contribution in [-0.2, 0) is 0 Å². The smallest absolute Gasteiger partial charge is 0.345 e. The quantitative estimate of drug-likeness (QED) is 0.575. The highest BCUT2D eigenvalue weighted by molar-refractivity contribution is 5.93. The van der Waals surface area contributed by atoms with Crippen LogP contribution in [0.15, 0.2) is 66.7 Å². The third-order valence-electron chi connectivity index (χ3n) is 3.27. The van der Waals surface area contributed by atoms with E-state index in [1.807, 2.05) is 61.5 Å². The number of nitrogens with one attached hydrogen (secondary N) is 1. The number of rotatable bonds is 3. The van der Waals surface area contributed by atoms with Crippen molar-refractivity contribution in [2.24, 2.45) is 0 Å². The molecule has 0 saturated carbocycles. The summed E-state index contributed by atoms with van der Waals surface area (Å²) in [6, 6.07) is 20.8. The predicted octanol–water partition coefficient (Wildman–Crippen LogP) is 4.21. The summed E-state index contributed by atoms with van der Waals surface area (Å²) in [5, 5.41) is 0. The molecule has 0 saturated heterocycles. The zero-order valence-corrected chi connectivity index (χ0v) is 11.7. The molecule has 1 N–H and O–H groups in total. The van der Waals surface area contributed by atoms with E-state index >= 15 is 0 Å². The molecule has 0 fully saturated rings. The van der Waals surface area contributed by atoms with E-state index in [1.54, 1.807) is 12.1 Å². The molecule has 3 aromatic rings. The summed E-state index contributed by atoms with van der Waals surface area (Å²) in [5.74, 6) is 0.196. The number of aromatic amines is 1. The molecule has 3 rings (SSSR count). The number of aryl methyl sites for hydroxylation is 1. The number of benzene rings is 2. The number of hydrogen-bond acceptors (Lipinski definition) is 2. The summed E-state index contributed by atoms with van der Waals surface area (Å²) in [5.41, 5.74) is 3.31. The molecule has 3 heteroatoms. The Balaban J connectivity index is 1.86. The molecule has 0 radical (unpaired) electrons. The molecule has 0 aliphatic heterocycles. The highest BCUT2D eigenvalue weighted by Crippen LogP contribution is 2.22. The Morgan fingerprint density at radius 1 is 0.952 bits per heavy atom. The van der Waals surface area contributed by atoms with Gasteiger partial charge in [-0.3, -0.25) is 0 Å². The van der Waals surface area contributed by atoms with Crippen LogP contribution in [0.4, 0.5) is 0 Å². The summed E-state index contributed by atoms with van der Waals surface area (Å²) in [7, 11) is 0. The molecule has 0 amide bonds. The van der Waals surface area contributed by atoms with E-state index in [1.165, 1.54) is 0 Å². The molecule has 0 aliphatic rings. The molecule has 2 aromatic carbocycles. The van der Waals surface area contributed by atoms with Crippen molar-refractivity contribution >= 4 is 5.97 Å². The van der Waals surface area contributed by atoms with Crippen molar-refractivity contribution in [2.45, 2.75) is 6.92 Å². The van der Waals surface area contributed by atoms with E-state index in [-0.39, 0.29) is 5.97 Å². The Bertz CT molecular complexity index is 745. The third-order valence-corrected chi connectivity index (χ3v) is 3.27. The van der Waals surface area contributed by atoms with Gasteiger partial charge in [-0.2, -0.15) is 0 Å².